The molecule has 31 heavy (non-hydrogen) atoms. The van der Waals surface area contributed by atoms with Crippen molar-refractivity contribution in [2.45, 2.75) is 26.8 Å². The van der Waals surface area contributed by atoms with Crippen molar-refractivity contribution in [1.29, 1.82) is 0 Å². The summed E-state index contributed by atoms with van der Waals surface area (Å²) in [5.41, 5.74) is -0.197. The molecule has 0 fully saturated rings. The van der Waals surface area contributed by atoms with Crippen LogP contribution in [-0.4, -0.2) is 27.7 Å². The molecule has 164 valence electrons. The minimum atomic E-state index is -1.16. The van der Waals surface area contributed by atoms with Crippen molar-refractivity contribution in [2.75, 3.05) is 11.9 Å². The van der Waals surface area contributed by atoms with Gasteiger partial charge < -0.3 is 10.2 Å². The number of carbonyl (C=O) groups excluding carboxylic acids is 1. The first-order valence-electron chi connectivity index (χ1n) is 9.48. The maximum atomic E-state index is 13.9. The number of halogens is 4. The molecule has 0 aliphatic carbocycles. The molecule has 1 aromatic heterocycles. The molecule has 0 saturated carbocycles. The zero-order valence-corrected chi connectivity index (χ0v) is 17.7. The number of hydrogen-bond acceptors (Lipinski definition) is 3. The monoisotopic (exact) mass is 452 g/mol. The number of aromatic nitrogens is 2. The van der Waals surface area contributed by atoms with Crippen LogP contribution in [0.1, 0.15) is 32.5 Å². The van der Waals surface area contributed by atoms with Gasteiger partial charge in [0.05, 0.1) is 22.1 Å². The predicted octanol–water partition coefficient (Wildman–Crippen LogP) is 5.24. The second kappa shape index (κ2) is 8.97. The van der Waals surface area contributed by atoms with Gasteiger partial charge in [-0.05, 0) is 43.2 Å². The summed E-state index contributed by atoms with van der Waals surface area (Å²) in [5, 5.41) is 8.79. The molecule has 0 aliphatic heterocycles. The number of H-pyrrole nitrogens is 1. The summed E-state index contributed by atoms with van der Waals surface area (Å²) in [4.78, 5) is 26.5. The van der Waals surface area contributed by atoms with Gasteiger partial charge in [0, 0.05) is 17.6 Å². The van der Waals surface area contributed by atoms with Crippen molar-refractivity contribution in [3.05, 3.63) is 68.9 Å². The summed E-state index contributed by atoms with van der Waals surface area (Å²) in [6, 6.07) is 4.21. The number of urea groups is 1. The molecule has 2 aromatic carbocycles. The number of rotatable bonds is 5. The van der Waals surface area contributed by atoms with Crippen LogP contribution >= 0.6 is 11.6 Å². The van der Waals surface area contributed by atoms with E-state index in [1.807, 2.05) is 13.8 Å². The molecule has 0 radical (unpaired) electrons. The van der Waals surface area contributed by atoms with Crippen molar-refractivity contribution >= 4 is 34.1 Å². The van der Waals surface area contributed by atoms with E-state index in [9.17, 15) is 22.8 Å². The third-order valence-electron chi connectivity index (χ3n) is 4.72. The van der Waals surface area contributed by atoms with Gasteiger partial charge in [-0.1, -0.05) is 25.4 Å². The lowest BCUT2D eigenvalue weighted by atomic mass is 10.0. The Morgan fingerprint density at radius 2 is 1.74 bits per heavy atom. The highest BCUT2D eigenvalue weighted by molar-refractivity contribution is 6.31. The van der Waals surface area contributed by atoms with Gasteiger partial charge in [-0.3, -0.25) is 4.79 Å². The summed E-state index contributed by atoms with van der Waals surface area (Å²) in [5.74, 6) is -2.86. The Morgan fingerprint density at radius 1 is 1.10 bits per heavy atom. The Morgan fingerprint density at radius 3 is 2.35 bits per heavy atom. The second-order valence-electron chi connectivity index (χ2n) is 7.53. The van der Waals surface area contributed by atoms with Gasteiger partial charge in [0.25, 0.3) is 5.56 Å². The van der Waals surface area contributed by atoms with E-state index in [-0.39, 0.29) is 39.6 Å². The molecule has 0 spiro atoms. The van der Waals surface area contributed by atoms with Gasteiger partial charge in [0.2, 0.25) is 0 Å². The van der Waals surface area contributed by atoms with Gasteiger partial charge in [0.1, 0.15) is 5.82 Å². The van der Waals surface area contributed by atoms with Gasteiger partial charge in [-0.15, -0.1) is 0 Å². The average molecular weight is 453 g/mol. The Balaban J connectivity index is 2.01. The van der Waals surface area contributed by atoms with Crippen molar-refractivity contribution in [3.8, 4) is 0 Å². The Hall–Kier alpha value is -3.07. The van der Waals surface area contributed by atoms with E-state index in [1.54, 1.807) is 6.92 Å². The van der Waals surface area contributed by atoms with E-state index < -0.39 is 35.1 Å². The lowest BCUT2D eigenvalue weighted by molar-refractivity contribution is 0.182. The first-order valence-corrected chi connectivity index (χ1v) is 9.86. The molecule has 0 saturated heterocycles. The molecule has 1 unspecified atom stereocenters. The lowest BCUT2D eigenvalue weighted by Gasteiger charge is -2.31. The molecule has 3 rings (SSSR count). The fourth-order valence-corrected chi connectivity index (χ4v) is 3.40. The number of carbonyl (C=O) groups is 1. The molecule has 2 N–H and O–H groups in total. The summed E-state index contributed by atoms with van der Waals surface area (Å²) >= 11 is 5.78. The number of nitrogens with one attached hydrogen (secondary N) is 2. The zero-order valence-electron chi connectivity index (χ0n) is 17.0. The van der Waals surface area contributed by atoms with Crippen LogP contribution in [0, 0.1) is 23.4 Å². The summed E-state index contributed by atoms with van der Waals surface area (Å²) in [6.45, 7) is 5.74. The van der Waals surface area contributed by atoms with Gasteiger partial charge in [-0.25, -0.2) is 23.1 Å². The van der Waals surface area contributed by atoms with E-state index >= 15 is 0 Å². The van der Waals surface area contributed by atoms with Crippen LogP contribution in [0.15, 0.2) is 35.1 Å². The van der Waals surface area contributed by atoms with Crippen LogP contribution in [0.2, 0.25) is 5.02 Å². The Labute approximate surface area is 181 Å². The quantitative estimate of drug-likeness (QED) is 0.555. The van der Waals surface area contributed by atoms with Crippen LogP contribution < -0.4 is 10.9 Å². The molecule has 6 nitrogen and oxygen atoms in total. The SMILES string of the molecule is CC(C)CN(C(=O)Nc1ccc(F)c(Cl)c1)C(C)c1n[nH]c(=O)c2cc(F)c(F)cc12. The Kier molecular flexibility index (Phi) is 6.54. The molecule has 3 aromatic rings. The van der Waals surface area contributed by atoms with E-state index in [4.69, 9.17) is 11.6 Å². The summed E-state index contributed by atoms with van der Waals surface area (Å²) in [7, 11) is 0. The molecule has 1 atom stereocenters. The fourth-order valence-electron chi connectivity index (χ4n) is 3.22. The normalized spacial score (nSPS) is 12.3. The third kappa shape index (κ3) is 4.82. The standard InChI is InChI=1S/C21H20ClF3N4O2/c1-10(2)9-29(21(31)26-12-4-5-16(23)15(22)6-12)11(3)19-13-7-17(24)18(25)8-14(13)20(30)28-27-19/h4-8,10-11H,9H2,1-3H3,(H,26,31)(H,28,30). The molecule has 0 aliphatic rings. The van der Waals surface area contributed by atoms with Crippen molar-refractivity contribution in [2.24, 2.45) is 5.92 Å². The molecular weight excluding hydrogens is 433 g/mol. The predicted molar refractivity (Wildman–Crippen MR) is 113 cm³/mol. The van der Waals surface area contributed by atoms with Crippen LogP contribution in [-0.2, 0) is 0 Å². The molecule has 1 heterocycles. The van der Waals surface area contributed by atoms with Gasteiger partial charge >= 0.3 is 6.03 Å². The first-order chi connectivity index (χ1) is 14.6. The largest absolute Gasteiger partial charge is 0.322 e. The highest BCUT2D eigenvalue weighted by Crippen LogP contribution is 2.28. The highest BCUT2D eigenvalue weighted by Gasteiger charge is 2.26. The average Bonchev–Trinajstić information content (AvgIpc) is 2.70. The number of fused-ring (bicyclic) bond motifs is 1. The number of hydrogen-bond donors (Lipinski definition) is 2. The highest BCUT2D eigenvalue weighted by atomic mass is 35.5. The van der Waals surface area contributed by atoms with E-state index in [2.05, 4.69) is 15.5 Å². The number of amides is 2. The van der Waals surface area contributed by atoms with Crippen LogP contribution in [0.25, 0.3) is 10.8 Å². The number of nitrogens with zero attached hydrogens (tertiary/aromatic N) is 2. The first kappa shape index (κ1) is 22.6. The van der Waals surface area contributed by atoms with Crippen LogP contribution in [0.5, 0.6) is 0 Å². The Bertz CT molecular complexity index is 1200. The minimum Gasteiger partial charge on any atom is -0.316 e. The molecule has 0 bridgehead atoms. The van der Waals surface area contributed by atoms with Gasteiger partial charge in [0.15, 0.2) is 11.6 Å². The van der Waals surface area contributed by atoms with Crippen LogP contribution in [0.3, 0.4) is 0 Å². The summed E-state index contributed by atoms with van der Waals surface area (Å²) < 4.78 is 41.0. The van der Waals surface area contributed by atoms with E-state index in [1.165, 1.54) is 17.0 Å². The van der Waals surface area contributed by atoms with Crippen molar-refractivity contribution in [3.63, 3.8) is 0 Å². The van der Waals surface area contributed by atoms with Gasteiger partial charge in [-0.2, -0.15) is 5.10 Å². The number of anilines is 1. The van der Waals surface area contributed by atoms with Crippen LogP contribution in [0.4, 0.5) is 23.7 Å². The minimum absolute atomic E-state index is 0.0493. The van der Waals surface area contributed by atoms with E-state index in [0.717, 1.165) is 18.2 Å². The van der Waals surface area contributed by atoms with Crippen molar-refractivity contribution < 1.29 is 18.0 Å². The molecule has 10 heteroatoms. The lowest BCUT2D eigenvalue weighted by Crippen LogP contribution is -2.40. The summed E-state index contributed by atoms with van der Waals surface area (Å²) in [6.07, 6.45) is 0. The topological polar surface area (TPSA) is 78.1 Å². The maximum Gasteiger partial charge on any atom is 0.322 e. The van der Waals surface area contributed by atoms with Crippen molar-refractivity contribution in [1.82, 2.24) is 15.1 Å². The zero-order chi connectivity index (χ0) is 22.9. The smallest absolute Gasteiger partial charge is 0.316 e. The number of aromatic amines is 1. The second-order valence-corrected chi connectivity index (χ2v) is 7.94. The third-order valence-corrected chi connectivity index (χ3v) is 5.01. The number of benzene rings is 2. The van der Waals surface area contributed by atoms with E-state index in [0.29, 0.717) is 0 Å². The fraction of sp³-hybridized carbons (Fsp3) is 0.286. The molecule has 2 amide bonds. The molecular formula is C21H20ClF3N4O2. The maximum absolute atomic E-state index is 13.9.